The van der Waals surface area contributed by atoms with Gasteiger partial charge in [0.2, 0.25) is 0 Å². The number of hydrogen-bond donors (Lipinski definition) is 1. The minimum atomic E-state index is -0.0486. The summed E-state index contributed by atoms with van der Waals surface area (Å²) in [5.74, 6) is 0.891. The van der Waals surface area contributed by atoms with Gasteiger partial charge in [0.05, 0.1) is 5.70 Å². The topological polar surface area (TPSA) is 24.5 Å². The molecule has 0 saturated carbocycles. The van der Waals surface area contributed by atoms with Gasteiger partial charge in [-0.15, -0.1) is 0 Å². The number of nitrogens with one attached hydrogen (secondary N) is 1. The lowest BCUT2D eigenvalue weighted by atomic mass is 9.87. The van der Waals surface area contributed by atoms with Gasteiger partial charge in [0.15, 0.2) is 0 Å². The van der Waals surface area contributed by atoms with Crippen LogP contribution in [0.15, 0.2) is 66.6 Å². The third-order valence-electron chi connectivity index (χ3n) is 5.02. The van der Waals surface area contributed by atoms with Gasteiger partial charge in [0.1, 0.15) is 11.4 Å². The lowest BCUT2D eigenvalue weighted by Crippen LogP contribution is -2.46. The minimum absolute atomic E-state index is 0.0486. The molecule has 0 radical (unpaired) electrons. The van der Waals surface area contributed by atoms with Gasteiger partial charge >= 0.3 is 0 Å². The second-order valence-electron chi connectivity index (χ2n) is 6.71. The Morgan fingerprint density at radius 1 is 1.21 bits per heavy atom. The molecule has 0 aliphatic carbocycles. The molecule has 128 valence electrons. The van der Waals surface area contributed by atoms with Gasteiger partial charge in [-0.1, -0.05) is 43.0 Å². The predicted molar refractivity (Wildman–Crippen MR) is 99.4 cm³/mol. The van der Waals surface area contributed by atoms with E-state index in [1.165, 1.54) is 5.56 Å². The maximum absolute atomic E-state index is 6.47. The average molecular weight is 324 g/mol. The highest BCUT2D eigenvalue weighted by atomic mass is 16.5. The van der Waals surface area contributed by atoms with Crippen molar-refractivity contribution in [2.24, 2.45) is 0 Å². The SMILES string of the molecule is C=CC1=C(/C=C\C)NCCC2(CCN(Cc3ccccc3)CC2)O1. The lowest BCUT2D eigenvalue weighted by molar-refractivity contribution is -0.0464. The summed E-state index contributed by atoms with van der Waals surface area (Å²) in [6.45, 7) is 10.1. The van der Waals surface area contributed by atoms with Gasteiger partial charge in [-0.2, -0.15) is 0 Å². The molecule has 0 aromatic heterocycles. The van der Waals surface area contributed by atoms with E-state index in [2.05, 4.69) is 53.2 Å². The zero-order chi connectivity index (χ0) is 16.8. The van der Waals surface area contributed by atoms with E-state index >= 15 is 0 Å². The van der Waals surface area contributed by atoms with E-state index in [0.29, 0.717) is 0 Å². The standard InChI is InChI=1S/C21H28N2O/c1-3-8-19-20(4-2)24-21(11-14-22-19)12-15-23(16-13-21)17-18-9-6-5-7-10-18/h3-10,22H,2,11-17H2,1H3/b8-3-. The molecule has 1 spiro atoms. The van der Waals surface area contributed by atoms with Crippen molar-refractivity contribution in [3.63, 3.8) is 0 Å². The number of ether oxygens (including phenoxy) is 1. The molecular weight excluding hydrogens is 296 g/mol. The number of rotatable bonds is 4. The van der Waals surface area contributed by atoms with Crippen LogP contribution < -0.4 is 5.32 Å². The van der Waals surface area contributed by atoms with Crippen LogP contribution in [-0.4, -0.2) is 30.1 Å². The molecule has 1 aromatic rings. The number of nitrogens with zero attached hydrogens (tertiary/aromatic N) is 1. The molecule has 3 heteroatoms. The van der Waals surface area contributed by atoms with Crippen LogP contribution in [0.2, 0.25) is 0 Å². The summed E-state index contributed by atoms with van der Waals surface area (Å²) in [7, 11) is 0. The monoisotopic (exact) mass is 324 g/mol. The smallest absolute Gasteiger partial charge is 0.142 e. The molecule has 2 aliphatic rings. The molecular formula is C21H28N2O. The summed E-state index contributed by atoms with van der Waals surface area (Å²) < 4.78 is 6.47. The van der Waals surface area contributed by atoms with Gasteiger partial charge < -0.3 is 10.1 Å². The molecule has 0 amide bonds. The Kier molecular flexibility index (Phi) is 5.41. The van der Waals surface area contributed by atoms with Crippen LogP contribution in [0.5, 0.6) is 0 Å². The summed E-state index contributed by atoms with van der Waals surface area (Å²) in [4.78, 5) is 2.53. The zero-order valence-electron chi connectivity index (χ0n) is 14.6. The van der Waals surface area contributed by atoms with E-state index in [0.717, 1.165) is 56.9 Å². The number of hydrogen-bond acceptors (Lipinski definition) is 3. The first-order chi connectivity index (χ1) is 11.7. The van der Waals surface area contributed by atoms with Crippen molar-refractivity contribution in [3.8, 4) is 0 Å². The molecule has 0 atom stereocenters. The maximum atomic E-state index is 6.47. The van der Waals surface area contributed by atoms with Gasteiger partial charge in [0, 0.05) is 32.6 Å². The Bertz CT molecular complexity index is 610. The number of piperidine rings is 1. The molecule has 1 N–H and O–H groups in total. The first-order valence-corrected chi connectivity index (χ1v) is 8.93. The third kappa shape index (κ3) is 3.90. The molecule has 0 bridgehead atoms. The van der Waals surface area contributed by atoms with Crippen LogP contribution in [0.1, 0.15) is 31.7 Å². The summed E-state index contributed by atoms with van der Waals surface area (Å²) >= 11 is 0. The molecule has 1 fully saturated rings. The van der Waals surface area contributed by atoms with Crippen molar-refractivity contribution in [2.45, 2.75) is 38.3 Å². The fourth-order valence-corrected chi connectivity index (χ4v) is 3.62. The largest absolute Gasteiger partial charge is 0.485 e. The highest BCUT2D eigenvalue weighted by Gasteiger charge is 2.38. The Hall–Kier alpha value is -2.00. The Morgan fingerprint density at radius 2 is 1.96 bits per heavy atom. The maximum Gasteiger partial charge on any atom is 0.142 e. The minimum Gasteiger partial charge on any atom is -0.485 e. The Labute approximate surface area is 145 Å². The van der Waals surface area contributed by atoms with E-state index < -0.39 is 0 Å². The number of benzene rings is 1. The van der Waals surface area contributed by atoms with Crippen molar-refractivity contribution >= 4 is 0 Å². The van der Waals surface area contributed by atoms with E-state index in [9.17, 15) is 0 Å². The normalized spacial score (nSPS) is 21.4. The van der Waals surface area contributed by atoms with Crippen LogP contribution >= 0.6 is 0 Å². The molecule has 24 heavy (non-hydrogen) atoms. The fourth-order valence-electron chi connectivity index (χ4n) is 3.62. The van der Waals surface area contributed by atoms with Crippen LogP contribution in [0, 0.1) is 0 Å². The molecule has 3 rings (SSSR count). The van der Waals surface area contributed by atoms with Crippen LogP contribution in [0.4, 0.5) is 0 Å². The zero-order valence-corrected chi connectivity index (χ0v) is 14.6. The second-order valence-corrected chi connectivity index (χ2v) is 6.71. The molecule has 2 heterocycles. The average Bonchev–Trinajstić information content (AvgIpc) is 2.78. The number of likely N-dealkylation sites (tertiary alicyclic amines) is 1. The quantitative estimate of drug-likeness (QED) is 0.906. The van der Waals surface area contributed by atoms with E-state index in [4.69, 9.17) is 4.74 Å². The van der Waals surface area contributed by atoms with Gasteiger partial charge in [0.25, 0.3) is 0 Å². The highest BCUT2D eigenvalue weighted by Crippen LogP contribution is 2.35. The van der Waals surface area contributed by atoms with Crippen molar-refractivity contribution in [2.75, 3.05) is 19.6 Å². The molecule has 0 unspecified atom stereocenters. The molecule has 1 aromatic carbocycles. The van der Waals surface area contributed by atoms with Crippen molar-refractivity contribution in [1.82, 2.24) is 10.2 Å². The van der Waals surface area contributed by atoms with Crippen LogP contribution in [0.3, 0.4) is 0 Å². The van der Waals surface area contributed by atoms with Crippen LogP contribution in [-0.2, 0) is 11.3 Å². The summed E-state index contributed by atoms with van der Waals surface area (Å²) in [5, 5.41) is 3.49. The fraction of sp³-hybridized carbons (Fsp3) is 0.429. The molecule has 1 saturated heterocycles. The second kappa shape index (κ2) is 7.71. The van der Waals surface area contributed by atoms with Crippen molar-refractivity contribution in [1.29, 1.82) is 0 Å². The van der Waals surface area contributed by atoms with E-state index in [-0.39, 0.29) is 5.60 Å². The highest BCUT2D eigenvalue weighted by molar-refractivity contribution is 5.28. The Morgan fingerprint density at radius 3 is 2.62 bits per heavy atom. The third-order valence-corrected chi connectivity index (χ3v) is 5.02. The van der Waals surface area contributed by atoms with Crippen molar-refractivity contribution in [3.05, 3.63) is 72.2 Å². The summed E-state index contributed by atoms with van der Waals surface area (Å²) in [5.41, 5.74) is 2.39. The summed E-state index contributed by atoms with van der Waals surface area (Å²) in [6.07, 6.45) is 9.14. The summed E-state index contributed by atoms with van der Waals surface area (Å²) in [6, 6.07) is 10.7. The first-order valence-electron chi connectivity index (χ1n) is 8.93. The lowest BCUT2D eigenvalue weighted by Gasteiger charge is -2.41. The van der Waals surface area contributed by atoms with Gasteiger partial charge in [-0.25, -0.2) is 0 Å². The number of allylic oxidation sites excluding steroid dienone is 3. The van der Waals surface area contributed by atoms with Crippen molar-refractivity contribution < 1.29 is 4.74 Å². The molecule has 3 nitrogen and oxygen atoms in total. The van der Waals surface area contributed by atoms with E-state index in [1.807, 2.05) is 19.1 Å². The van der Waals surface area contributed by atoms with Gasteiger partial charge in [-0.05, 0) is 37.5 Å². The van der Waals surface area contributed by atoms with E-state index in [1.54, 1.807) is 0 Å². The predicted octanol–water partition coefficient (Wildman–Crippen LogP) is 4.00. The molecule has 2 aliphatic heterocycles. The first kappa shape index (κ1) is 16.8. The Balaban J connectivity index is 1.65. The van der Waals surface area contributed by atoms with Gasteiger partial charge in [-0.3, -0.25) is 4.90 Å². The van der Waals surface area contributed by atoms with Crippen LogP contribution in [0.25, 0.3) is 0 Å².